The van der Waals surface area contributed by atoms with Crippen LogP contribution in [-0.4, -0.2) is 39.8 Å². The molecule has 5 nitrogen and oxygen atoms in total. The highest BCUT2D eigenvalue weighted by Crippen LogP contribution is 2.29. The van der Waals surface area contributed by atoms with Gasteiger partial charge in [0, 0.05) is 30.8 Å². The standard InChI is InChI=1S/C19H21N3O2S/c1-3-22(4-2)17(23)12-13-25-19-21-20-18(24-19)16-11-7-9-14-8-5-6-10-15(14)16/h5-11H,3-4,12-13H2,1-2H3. The van der Waals surface area contributed by atoms with Gasteiger partial charge in [-0.15, -0.1) is 10.2 Å². The molecule has 1 heterocycles. The quantitative estimate of drug-likeness (QED) is 0.593. The summed E-state index contributed by atoms with van der Waals surface area (Å²) < 4.78 is 5.79. The first-order valence-electron chi connectivity index (χ1n) is 8.45. The molecule has 3 aromatic rings. The van der Waals surface area contributed by atoms with Gasteiger partial charge in [0.15, 0.2) is 0 Å². The molecule has 0 saturated carbocycles. The van der Waals surface area contributed by atoms with E-state index in [1.54, 1.807) is 0 Å². The van der Waals surface area contributed by atoms with Gasteiger partial charge in [0.25, 0.3) is 5.22 Å². The van der Waals surface area contributed by atoms with E-state index in [1.165, 1.54) is 11.8 Å². The number of aromatic nitrogens is 2. The predicted molar refractivity (Wildman–Crippen MR) is 101 cm³/mol. The normalized spacial score (nSPS) is 11.0. The second-order valence-corrected chi connectivity index (χ2v) is 6.61. The van der Waals surface area contributed by atoms with Gasteiger partial charge in [-0.25, -0.2) is 0 Å². The van der Waals surface area contributed by atoms with E-state index in [0.717, 1.165) is 29.4 Å². The Kier molecular flexibility index (Phi) is 5.71. The maximum Gasteiger partial charge on any atom is 0.276 e. The van der Waals surface area contributed by atoms with Crippen molar-refractivity contribution in [3.63, 3.8) is 0 Å². The highest BCUT2D eigenvalue weighted by Gasteiger charge is 2.13. The monoisotopic (exact) mass is 355 g/mol. The second-order valence-electron chi connectivity index (χ2n) is 5.56. The van der Waals surface area contributed by atoms with Crippen molar-refractivity contribution >= 4 is 28.4 Å². The fourth-order valence-corrected chi connectivity index (χ4v) is 3.44. The lowest BCUT2D eigenvalue weighted by Gasteiger charge is -2.17. The molecule has 25 heavy (non-hydrogen) atoms. The number of thioether (sulfide) groups is 1. The van der Waals surface area contributed by atoms with Crippen LogP contribution < -0.4 is 0 Å². The molecule has 0 N–H and O–H groups in total. The molecule has 0 spiro atoms. The van der Waals surface area contributed by atoms with E-state index in [-0.39, 0.29) is 5.91 Å². The molecule has 3 rings (SSSR count). The fourth-order valence-electron chi connectivity index (χ4n) is 2.75. The zero-order chi connectivity index (χ0) is 17.6. The Labute approximate surface area is 151 Å². The van der Waals surface area contributed by atoms with Crippen molar-refractivity contribution in [3.8, 4) is 11.5 Å². The van der Waals surface area contributed by atoms with E-state index >= 15 is 0 Å². The van der Waals surface area contributed by atoms with Crippen LogP contribution in [0.1, 0.15) is 20.3 Å². The first-order valence-corrected chi connectivity index (χ1v) is 9.43. The number of hydrogen-bond donors (Lipinski definition) is 0. The number of hydrogen-bond acceptors (Lipinski definition) is 5. The summed E-state index contributed by atoms with van der Waals surface area (Å²) in [6.45, 7) is 5.46. The summed E-state index contributed by atoms with van der Waals surface area (Å²) >= 11 is 1.42. The zero-order valence-electron chi connectivity index (χ0n) is 14.4. The van der Waals surface area contributed by atoms with Crippen molar-refractivity contribution in [3.05, 3.63) is 42.5 Å². The van der Waals surface area contributed by atoms with E-state index in [0.29, 0.717) is 23.3 Å². The Morgan fingerprint density at radius 1 is 1.08 bits per heavy atom. The summed E-state index contributed by atoms with van der Waals surface area (Å²) in [6.07, 6.45) is 0.471. The minimum atomic E-state index is 0.159. The van der Waals surface area contributed by atoms with Crippen molar-refractivity contribution in [1.29, 1.82) is 0 Å². The van der Waals surface area contributed by atoms with Gasteiger partial charge in [-0.1, -0.05) is 48.2 Å². The summed E-state index contributed by atoms with van der Waals surface area (Å²) in [5.74, 6) is 1.30. The van der Waals surface area contributed by atoms with Gasteiger partial charge in [-0.05, 0) is 30.7 Å². The Balaban J connectivity index is 1.67. The van der Waals surface area contributed by atoms with Crippen LogP contribution in [0.15, 0.2) is 52.1 Å². The minimum Gasteiger partial charge on any atom is -0.411 e. The molecule has 0 bridgehead atoms. The van der Waals surface area contributed by atoms with Gasteiger partial charge >= 0.3 is 0 Å². The van der Waals surface area contributed by atoms with Crippen LogP contribution in [0.2, 0.25) is 0 Å². The molecule has 0 aliphatic heterocycles. The molecule has 0 unspecified atom stereocenters. The number of benzene rings is 2. The molecule has 0 radical (unpaired) electrons. The van der Waals surface area contributed by atoms with Crippen molar-refractivity contribution < 1.29 is 9.21 Å². The molecule has 0 fully saturated rings. The Bertz CT molecular complexity index is 853. The highest BCUT2D eigenvalue weighted by atomic mass is 32.2. The van der Waals surface area contributed by atoms with E-state index in [9.17, 15) is 4.79 Å². The largest absolute Gasteiger partial charge is 0.411 e. The smallest absolute Gasteiger partial charge is 0.276 e. The Morgan fingerprint density at radius 2 is 1.84 bits per heavy atom. The van der Waals surface area contributed by atoms with Gasteiger partial charge in [-0.3, -0.25) is 4.79 Å². The van der Waals surface area contributed by atoms with Crippen LogP contribution in [0.5, 0.6) is 0 Å². The maximum absolute atomic E-state index is 12.0. The summed E-state index contributed by atoms with van der Waals surface area (Å²) in [5, 5.41) is 11.0. The topological polar surface area (TPSA) is 59.2 Å². The first kappa shape index (κ1) is 17.5. The first-order chi connectivity index (χ1) is 12.2. The molecule has 130 valence electrons. The van der Waals surface area contributed by atoms with Gasteiger partial charge < -0.3 is 9.32 Å². The lowest BCUT2D eigenvalue weighted by molar-refractivity contribution is -0.130. The number of nitrogens with zero attached hydrogens (tertiary/aromatic N) is 3. The van der Waals surface area contributed by atoms with Crippen LogP contribution >= 0.6 is 11.8 Å². The third-order valence-electron chi connectivity index (χ3n) is 4.08. The molecular weight excluding hydrogens is 334 g/mol. The molecule has 1 aromatic heterocycles. The molecule has 0 aliphatic rings. The van der Waals surface area contributed by atoms with Crippen LogP contribution in [0, 0.1) is 0 Å². The van der Waals surface area contributed by atoms with Gasteiger partial charge in [0.1, 0.15) is 0 Å². The summed E-state index contributed by atoms with van der Waals surface area (Å²) in [7, 11) is 0. The number of carbonyl (C=O) groups excluding carboxylic acids is 1. The summed E-state index contributed by atoms with van der Waals surface area (Å²) in [6, 6.07) is 14.1. The molecule has 6 heteroatoms. The van der Waals surface area contributed by atoms with E-state index in [4.69, 9.17) is 4.42 Å². The second kappa shape index (κ2) is 8.16. The average Bonchev–Trinajstić information content (AvgIpc) is 3.11. The van der Waals surface area contributed by atoms with Gasteiger partial charge in [0.05, 0.1) is 0 Å². The lowest BCUT2D eigenvalue weighted by atomic mass is 10.0. The van der Waals surface area contributed by atoms with Gasteiger partial charge in [0.2, 0.25) is 11.8 Å². The fraction of sp³-hybridized carbons (Fsp3) is 0.316. The van der Waals surface area contributed by atoms with Crippen LogP contribution in [0.3, 0.4) is 0 Å². The molecule has 0 atom stereocenters. The van der Waals surface area contributed by atoms with Gasteiger partial charge in [-0.2, -0.15) is 0 Å². The Hall–Kier alpha value is -2.34. The molecule has 2 aromatic carbocycles. The third-order valence-corrected chi connectivity index (χ3v) is 4.90. The third kappa shape index (κ3) is 4.02. The minimum absolute atomic E-state index is 0.159. The molecular formula is C19H21N3O2S. The van der Waals surface area contributed by atoms with Crippen LogP contribution in [-0.2, 0) is 4.79 Å². The van der Waals surface area contributed by atoms with Crippen molar-refractivity contribution in [1.82, 2.24) is 15.1 Å². The summed E-state index contributed by atoms with van der Waals surface area (Å²) in [4.78, 5) is 13.8. The highest BCUT2D eigenvalue weighted by molar-refractivity contribution is 7.99. The zero-order valence-corrected chi connectivity index (χ0v) is 15.3. The molecule has 1 amide bonds. The van der Waals surface area contributed by atoms with Crippen molar-refractivity contribution in [2.24, 2.45) is 0 Å². The SMILES string of the molecule is CCN(CC)C(=O)CCSc1nnc(-c2cccc3ccccc23)o1. The summed E-state index contributed by atoms with van der Waals surface area (Å²) in [5.41, 5.74) is 0.927. The van der Waals surface area contributed by atoms with Crippen molar-refractivity contribution in [2.45, 2.75) is 25.5 Å². The van der Waals surface area contributed by atoms with Crippen LogP contribution in [0.25, 0.3) is 22.2 Å². The number of fused-ring (bicyclic) bond motifs is 1. The maximum atomic E-state index is 12.0. The molecule has 0 aliphatic carbocycles. The number of rotatable bonds is 7. The van der Waals surface area contributed by atoms with E-state index < -0.39 is 0 Å². The number of carbonyl (C=O) groups is 1. The number of amides is 1. The Morgan fingerprint density at radius 3 is 2.64 bits per heavy atom. The van der Waals surface area contributed by atoms with E-state index in [1.807, 2.05) is 49.1 Å². The van der Waals surface area contributed by atoms with E-state index in [2.05, 4.69) is 22.3 Å². The average molecular weight is 355 g/mol. The van der Waals surface area contributed by atoms with Crippen molar-refractivity contribution in [2.75, 3.05) is 18.8 Å². The predicted octanol–water partition coefficient (Wildman–Crippen LogP) is 4.24. The lowest BCUT2D eigenvalue weighted by Crippen LogP contribution is -2.30. The van der Waals surface area contributed by atoms with Crippen LogP contribution in [0.4, 0.5) is 0 Å². The molecule has 0 saturated heterocycles.